The number of carbonyl (C=O) groups is 2. The number of rotatable bonds is 4. The number of pyridine rings is 2. The molecule has 3 aromatic rings. The van der Waals surface area contributed by atoms with Crippen molar-refractivity contribution < 1.29 is 14.3 Å². The lowest BCUT2D eigenvalue weighted by Gasteiger charge is -2.39. The Hall–Kier alpha value is -3.19. The predicted octanol–water partition coefficient (Wildman–Crippen LogP) is 5.25. The molecule has 0 saturated carbocycles. The van der Waals surface area contributed by atoms with Crippen LogP contribution in [0.15, 0.2) is 42.6 Å². The van der Waals surface area contributed by atoms with E-state index in [-0.39, 0.29) is 18.0 Å². The average Bonchev–Trinajstić information content (AvgIpc) is 2.91. The molecule has 36 heavy (non-hydrogen) atoms. The van der Waals surface area contributed by atoms with Crippen LogP contribution < -0.4 is 0 Å². The predicted molar refractivity (Wildman–Crippen MR) is 139 cm³/mol. The van der Waals surface area contributed by atoms with E-state index in [9.17, 15) is 9.59 Å². The second kappa shape index (κ2) is 10.4. The normalized spacial score (nSPS) is 19.8. The molecule has 1 aliphatic carbocycles. The zero-order valence-corrected chi connectivity index (χ0v) is 21.5. The molecule has 8 heteroatoms. The van der Waals surface area contributed by atoms with Crippen LogP contribution in [0.25, 0.3) is 10.9 Å². The summed E-state index contributed by atoms with van der Waals surface area (Å²) in [5, 5.41) is 1.61. The molecule has 0 radical (unpaired) electrons. The molecule has 2 amide bonds. The van der Waals surface area contributed by atoms with Gasteiger partial charge in [-0.3, -0.25) is 14.8 Å². The van der Waals surface area contributed by atoms with Crippen molar-refractivity contribution in [1.82, 2.24) is 19.8 Å². The van der Waals surface area contributed by atoms with Crippen LogP contribution in [0.4, 0.5) is 4.79 Å². The van der Waals surface area contributed by atoms with E-state index in [1.165, 1.54) is 0 Å². The molecular weight excluding hydrogens is 476 g/mol. The maximum absolute atomic E-state index is 13.4. The molecule has 2 atom stereocenters. The number of hydrogen-bond donors (Lipinski definition) is 0. The molecule has 1 aliphatic heterocycles. The van der Waals surface area contributed by atoms with E-state index < -0.39 is 0 Å². The van der Waals surface area contributed by atoms with E-state index in [0.29, 0.717) is 37.7 Å². The number of piperazine rings is 1. The van der Waals surface area contributed by atoms with Crippen LogP contribution in [-0.2, 0) is 17.6 Å². The molecule has 5 rings (SSSR count). The second-order valence-electron chi connectivity index (χ2n) is 9.69. The molecule has 0 N–H and O–H groups in total. The van der Waals surface area contributed by atoms with Crippen molar-refractivity contribution in [3.05, 3.63) is 70.1 Å². The third kappa shape index (κ3) is 4.76. The smallest absolute Gasteiger partial charge is 0.409 e. The Balaban J connectivity index is 1.36. The second-order valence-corrected chi connectivity index (χ2v) is 10.1. The Labute approximate surface area is 216 Å². The summed E-state index contributed by atoms with van der Waals surface area (Å²) in [6.45, 7) is 5.70. The van der Waals surface area contributed by atoms with Crippen LogP contribution in [-0.4, -0.2) is 64.1 Å². The number of halogens is 1. The van der Waals surface area contributed by atoms with Crippen molar-refractivity contribution in [2.75, 3.05) is 26.2 Å². The molecule has 3 heterocycles. The quantitative estimate of drug-likeness (QED) is 0.483. The molecule has 1 unspecified atom stereocenters. The van der Waals surface area contributed by atoms with E-state index in [2.05, 4.69) is 11.1 Å². The van der Waals surface area contributed by atoms with Crippen LogP contribution >= 0.6 is 11.6 Å². The number of aromatic nitrogens is 2. The Morgan fingerprint density at radius 1 is 1.19 bits per heavy atom. The summed E-state index contributed by atoms with van der Waals surface area (Å²) >= 11 is 6.84. The number of ether oxygens (including phenoxy) is 1. The highest BCUT2D eigenvalue weighted by molar-refractivity contribution is 6.36. The first-order valence-electron chi connectivity index (χ1n) is 12.7. The van der Waals surface area contributed by atoms with Gasteiger partial charge in [0.2, 0.25) is 0 Å². The SMILES string of the molecule is CCCOC(=O)N1CCN(C(=O)c2ccc3c(Cl)c4c(nc3c2)CC(c2ccccn2)CC4)[C@H](C)C1. The van der Waals surface area contributed by atoms with Crippen molar-refractivity contribution in [2.24, 2.45) is 0 Å². The van der Waals surface area contributed by atoms with Crippen molar-refractivity contribution in [1.29, 1.82) is 0 Å². The Kier molecular flexibility index (Phi) is 7.10. The highest BCUT2D eigenvalue weighted by Gasteiger charge is 2.31. The number of hydrogen-bond acceptors (Lipinski definition) is 5. The van der Waals surface area contributed by atoms with Crippen LogP contribution in [0.3, 0.4) is 0 Å². The van der Waals surface area contributed by atoms with Gasteiger partial charge in [0.25, 0.3) is 5.91 Å². The zero-order chi connectivity index (χ0) is 25.2. The number of fused-ring (bicyclic) bond motifs is 2. The van der Waals surface area contributed by atoms with Gasteiger partial charge in [0.15, 0.2) is 0 Å². The largest absolute Gasteiger partial charge is 0.449 e. The fourth-order valence-corrected chi connectivity index (χ4v) is 5.63. The molecule has 0 bridgehead atoms. The first-order valence-corrected chi connectivity index (χ1v) is 13.1. The molecule has 2 aliphatic rings. The molecule has 0 spiro atoms. The third-order valence-corrected chi connectivity index (χ3v) is 7.65. The summed E-state index contributed by atoms with van der Waals surface area (Å²) in [5.41, 5.74) is 4.50. The Bertz CT molecular complexity index is 1280. The monoisotopic (exact) mass is 506 g/mol. The van der Waals surface area contributed by atoms with Gasteiger partial charge in [-0.1, -0.05) is 30.7 Å². The summed E-state index contributed by atoms with van der Waals surface area (Å²) in [5.74, 6) is 0.249. The minimum absolute atomic E-state index is 0.0621. The van der Waals surface area contributed by atoms with Crippen molar-refractivity contribution in [2.45, 2.75) is 51.5 Å². The minimum Gasteiger partial charge on any atom is -0.449 e. The lowest BCUT2D eigenvalue weighted by Crippen LogP contribution is -2.55. The van der Waals surface area contributed by atoms with E-state index in [4.69, 9.17) is 21.3 Å². The topological polar surface area (TPSA) is 75.6 Å². The zero-order valence-electron chi connectivity index (χ0n) is 20.7. The molecular formula is C28H31ClN4O3. The first kappa shape index (κ1) is 24.5. The van der Waals surface area contributed by atoms with Crippen LogP contribution in [0.5, 0.6) is 0 Å². The lowest BCUT2D eigenvalue weighted by atomic mass is 9.84. The van der Waals surface area contributed by atoms with Gasteiger partial charge in [0.1, 0.15) is 0 Å². The third-order valence-electron chi connectivity index (χ3n) is 7.21. The highest BCUT2D eigenvalue weighted by atomic mass is 35.5. The number of nitrogens with zero attached hydrogens (tertiary/aromatic N) is 4. The highest BCUT2D eigenvalue weighted by Crippen LogP contribution is 2.37. The van der Waals surface area contributed by atoms with Crippen LogP contribution in [0.1, 0.15) is 59.9 Å². The summed E-state index contributed by atoms with van der Waals surface area (Å²) in [4.78, 5) is 38.7. The van der Waals surface area contributed by atoms with Crippen molar-refractivity contribution in [3.8, 4) is 0 Å². The van der Waals surface area contributed by atoms with Crippen LogP contribution in [0.2, 0.25) is 5.02 Å². The van der Waals surface area contributed by atoms with E-state index in [1.807, 2.05) is 55.3 Å². The summed E-state index contributed by atoms with van der Waals surface area (Å²) in [6.07, 6.45) is 4.94. The van der Waals surface area contributed by atoms with Gasteiger partial charge in [-0.2, -0.15) is 0 Å². The first-order chi connectivity index (χ1) is 17.5. The lowest BCUT2D eigenvalue weighted by molar-refractivity contribution is 0.0414. The van der Waals surface area contributed by atoms with Crippen molar-refractivity contribution >= 4 is 34.5 Å². The Morgan fingerprint density at radius 3 is 2.81 bits per heavy atom. The van der Waals surface area contributed by atoms with Gasteiger partial charge in [0.05, 0.1) is 17.1 Å². The molecule has 1 fully saturated rings. The van der Waals surface area contributed by atoms with Gasteiger partial charge in [-0.05, 0) is 62.4 Å². The number of carbonyl (C=O) groups excluding carboxylic acids is 2. The molecule has 1 saturated heterocycles. The number of amides is 2. The van der Waals surface area contributed by atoms with Gasteiger partial charge in [-0.25, -0.2) is 4.79 Å². The van der Waals surface area contributed by atoms with E-state index in [0.717, 1.165) is 58.6 Å². The maximum Gasteiger partial charge on any atom is 0.409 e. The van der Waals surface area contributed by atoms with Gasteiger partial charge < -0.3 is 14.5 Å². The van der Waals surface area contributed by atoms with Crippen LogP contribution in [0, 0.1) is 0 Å². The fourth-order valence-electron chi connectivity index (χ4n) is 5.26. The molecule has 2 aromatic heterocycles. The van der Waals surface area contributed by atoms with Gasteiger partial charge in [0, 0.05) is 60.1 Å². The van der Waals surface area contributed by atoms with E-state index >= 15 is 0 Å². The van der Waals surface area contributed by atoms with Gasteiger partial charge >= 0.3 is 6.09 Å². The summed E-state index contributed by atoms with van der Waals surface area (Å²) in [7, 11) is 0. The standard InChI is InChI=1S/C28H31ClN4O3/c1-3-14-36-28(35)32-12-13-33(18(2)17-32)27(34)20-8-10-22-25(16-20)31-24-15-19(7-9-21(24)26(22)29)23-6-4-5-11-30-23/h4-6,8,10-11,16,18-19H,3,7,9,12-15,17H2,1-2H3/t18-,19?/m1/s1. The Morgan fingerprint density at radius 2 is 2.06 bits per heavy atom. The summed E-state index contributed by atoms with van der Waals surface area (Å²) in [6, 6.07) is 11.5. The summed E-state index contributed by atoms with van der Waals surface area (Å²) < 4.78 is 5.26. The fraction of sp³-hybridized carbons (Fsp3) is 0.429. The minimum atomic E-state index is -0.311. The molecule has 1 aromatic carbocycles. The average molecular weight is 507 g/mol. The number of benzene rings is 1. The van der Waals surface area contributed by atoms with E-state index in [1.54, 1.807) is 4.90 Å². The van der Waals surface area contributed by atoms with Gasteiger partial charge in [-0.15, -0.1) is 0 Å². The molecule has 7 nitrogen and oxygen atoms in total. The molecule has 188 valence electrons. The van der Waals surface area contributed by atoms with Crippen molar-refractivity contribution in [3.63, 3.8) is 0 Å². The maximum atomic E-state index is 13.4.